The van der Waals surface area contributed by atoms with Gasteiger partial charge in [0.05, 0.1) is 26.4 Å². The Bertz CT molecular complexity index is 1070. The molecule has 0 aliphatic carbocycles. The molecule has 3 rings (SSSR count). The van der Waals surface area contributed by atoms with Crippen molar-refractivity contribution in [1.82, 2.24) is 0 Å². The highest BCUT2D eigenvalue weighted by atomic mass is 16.6. The number of carbonyl (C=O) groups is 1. The molecule has 0 N–H and O–H groups in total. The second kappa shape index (κ2) is 14.7. The number of esters is 1. The number of rotatable bonds is 16. The van der Waals surface area contributed by atoms with Gasteiger partial charge < -0.3 is 28.4 Å². The van der Waals surface area contributed by atoms with E-state index < -0.39 is 5.97 Å². The molecule has 0 amide bonds. The molecule has 0 aromatic heterocycles. The minimum absolute atomic E-state index is 0.199. The van der Waals surface area contributed by atoms with Gasteiger partial charge in [0.15, 0.2) is 0 Å². The van der Waals surface area contributed by atoms with Gasteiger partial charge in [-0.1, -0.05) is 36.9 Å². The third-order valence-corrected chi connectivity index (χ3v) is 4.84. The quantitative estimate of drug-likeness (QED) is 0.165. The molecular formula is C28H32O7. The molecule has 0 bridgehead atoms. The standard InChI is InChI=1S/C28H32O7/c1-22(2)28(29)35-18-16-31-14-13-30-15-17-33-25-11-12-26-23(21-25)7-6-10-27(26)34-20-19-32-24-8-4-3-5-9-24/h3-12,21H,1,13-20H2,2H3. The van der Waals surface area contributed by atoms with E-state index in [1.165, 1.54) is 0 Å². The number of hydrogen-bond donors (Lipinski definition) is 0. The van der Waals surface area contributed by atoms with Crippen LogP contribution in [0.1, 0.15) is 6.92 Å². The summed E-state index contributed by atoms with van der Waals surface area (Å²) in [5.74, 6) is 1.99. The van der Waals surface area contributed by atoms with Crippen LogP contribution < -0.4 is 14.2 Å². The Morgan fingerprint density at radius 1 is 0.686 bits per heavy atom. The average molecular weight is 481 g/mol. The maximum atomic E-state index is 11.2. The molecule has 0 aliphatic rings. The third kappa shape index (κ3) is 9.31. The van der Waals surface area contributed by atoms with Crippen LogP contribution in [0, 0.1) is 0 Å². The van der Waals surface area contributed by atoms with Crippen molar-refractivity contribution in [2.75, 3.05) is 52.9 Å². The molecule has 7 heteroatoms. The lowest BCUT2D eigenvalue weighted by molar-refractivity contribution is -0.140. The first kappa shape index (κ1) is 26.1. The summed E-state index contributed by atoms with van der Waals surface area (Å²) >= 11 is 0. The highest BCUT2D eigenvalue weighted by Gasteiger charge is 2.05. The van der Waals surface area contributed by atoms with Crippen molar-refractivity contribution in [3.8, 4) is 17.2 Å². The van der Waals surface area contributed by atoms with Crippen molar-refractivity contribution in [2.24, 2.45) is 0 Å². The lowest BCUT2D eigenvalue weighted by Crippen LogP contribution is -2.14. The molecule has 35 heavy (non-hydrogen) atoms. The molecule has 186 valence electrons. The van der Waals surface area contributed by atoms with Crippen molar-refractivity contribution in [3.05, 3.63) is 78.9 Å². The van der Waals surface area contributed by atoms with Crippen LogP contribution in [-0.2, 0) is 19.0 Å². The van der Waals surface area contributed by atoms with Crippen molar-refractivity contribution >= 4 is 16.7 Å². The number of benzene rings is 3. The molecule has 0 saturated carbocycles. The lowest BCUT2D eigenvalue weighted by atomic mass is 10.1. The van der Waals surface area contributed by atoms with E-state index in [4.69, 9.17) is 28.4 Å². The fraction of sp³-hybridized carbons (Fsp3) is 0.321. The Morgan fingerprint density at radius 2 is 1.34 bits per heavy atom. The van der Waals surface area contributed by atoms with Crippen LogP contribution >= 0.6 is 0 Å². The molecule has 7 nitrogen and oxygen atoms in total. The van der Waals surface area contributed by atoms with E-state index in [0.29, 0.717) is 51.8 Å². The number of fused-ring (bicyclic) bond motifs is 1. The summed E-state index contributed by atoms with van der Waals surface area (Å²) < 4.78 is 33.2. The van der Waals surface area contributed by atoms with Gasteiger partial charge in [0, 0.05) is 11.0 Å². The van der Waals surface area contributed by atoms with Crippen molar-refractivity contribution < 1.29 is 33.2 Å². The van der Waals surface area contributed by atoms with Crippen LogP contribution in [0.3, 0.4) is 0 Å². The van der Waals surface area contributed by atoms with Crippen LogP contribution in [0.4, 0.5) is 0 Å². The molecular weight excluding hydrogens is 448 g/mol. The monoisotopic (exact) mass is 480 g/mol. The van der Waals surface area contributed by atoms with Crippen LogP contribution in [0.5, 0.6) is 17.2 Å². The summed E-state index contributed by atoms with van der Waals surface area (Å²) in [6.07, 6.45) is 0. The molecule has 0 spiro atoms. The van der Waals surface area contributed by atoms with Gasteiger partial charge in [-0.3, -0.25) is 0 Å². The van der Waals surface area contributed by atoms with Crippen LogP contribution in [-0.4, -0.2) is 58.8 Å². The zero-order chi connectivity index (χ0) is 24.7. The fourth-order valence-electron chi connectivity index (χ4n) is 3.13. The minimum Gasteiger partial charge on any atom is -0.491 e. The van der Waals surface area contributed by atoms with E-state index in [1.54, 1.807) is 6.92 Å². The van der Waals surface area contributed by atoms with Crippen molar-refractivity contribution in [3.63, 3.8) is 0 Å². The first-order chi connectivity index (χ1) is 17.1. The highest BCUT2D eigenvalue weighted by molar-refractivity contribution is 5.89. The summed E-state index contributed by atoms with van der Waals surface area (Å²) in [6.45, 7) is 8.28. The molecule has 3 aromatic carbocycles. The summed E-state index contributed by atoms with van der Waals surface area (Å²) in [6, 6.07) is 21.5. The van der Waals surface area contributed by atoms with E-state index in [1.807, 2.05) is 66.7 Å². The zero-order valence-electron chi connectivity index (χ0n) is 20.1. The molecule has 0 saturated heterocycles. The Kier molecular flexibility index (Phi) is 10.9. The second-order valence-corrected chi connectivity index (χ2v) is 7.64. The number of carbonyl (C=O) groups excluding carboxylic acids is 1. The Labute approximate surface area is 206 Å². The van der Waals surface area contributed by atoms with Gasteiger partial charge in [-0.05, 0) is 48.7 Å². The minimum atomic E-state index is -0.409. The number of ether oxygens (including phenoxy) is 6. The summed E-state index contributed by atoms with van der Waals surface area (Å²) in [7, 11) is 0. The van der Waals surface area contributed by atoms with Gasteiger partial charge in [-0.25, -0.2) is 4.79 Å². The molecule has 0 heterocycles. The molecule has 0 atom stereocenters. The predicted octanol–water partition coefficient (Wildman–Crippen LogP) is 4.83. The van der Waals surface area contributed by atoms with Crippen LogP contribution in [0.25, 0.3) is 10.8 Å². The maximum Gasteiger partial charge on any atom is 0.333 e. The van der Waals surface area contributed by atoms with Gasteiger partial charge in [0.25, 0.3) is 0 Å². The largest absolute Gasteiger partial charge is 0.491 e. The van der Waals surface area contributed by atoms with E-state index >= 15 is 0 Å². The zero-order valence-corrected chi connectivity index (χ0v) is 20.1. The van der Waals surface area contributed by atoms with Crippen molar-refractivity contribution in [1.29, 1.82) is 0 Å². The van der Waals surface area contributed by atoms with Crippen LogP contribution in [0.2, 0.25) is 0 Å². The van der Waals surface area contributed by atoms with E-state index in [0.717, 1.165) is 28.0 Å². The molecule has 0 fully saturated rings. The topological polar surface area (TPSA) is 72.5 Å². The van der Waals surface area contributed by atoms with E-state index in [9.17, 15) is 4.79 Å². The number of para-hydroxylation sites is 1. The van der Waals surface area contributed by atoms with Crippen molar-refractivity contribution in [2.45, 2.75) is 6.92 Å². The molecule has 0 aliphatic heterocycles. The smallest absolute Gasteiger partial charge is 0.333 e. The summed E-state index contributed by atoms with van der Waals surface area (Å²) in [5.41, 5.74) is 0.373. The lowest BCUT2D eigenvalue weighted by Gasteiger charge is -2.12. The second-order valence-electron chi connectivity index (χ2n) is 7.64. The summed E-state index contributed by atoms with van der Waals surface area (Å²) in [5, 5.41) is 2.05. The number of hydrogen-bond acceptors (Lipinski definition) is 7. The van der Waals surface area contributed by atoms with Gasteiger partial charge in [-0.2, -0.15) is 0 Å². The van der Waals surface area contributed by atoms with E-state index in [-0.39, 0.29) is 6.61 Å². The Balaban J connectivity index is 1.31. The van der Waals surface area contributed by atoms with Crippen LogP contribution in [0.15, 0.2) is 78.9 Å². The van der Waals surface area contributed by atoms with E-state index in [2.05, 4.69) is 6.58 Å². The first-order valence-electron chi connectivity index (χ1n) is 11.6. The highest BCUT2D eigenvalue weighted by Crippen LogP contribution is 2.28. The third-order valence-electron chi connectivity index (χ3n) is 4.84. The van der Waals surface area contributed by atoms with Gasteiger partial charge >= 0.3 is 5.97 Å². The van der Waals surface area contributed by atoms with Gasteiger partial charge in [-0.15, -0.1) is 0 Å². The SMILES string of the molecule is C=C(C)C(=O)OCCOCCOCCOc1ccc2c(OCCOc3ccccc3)cccc2c1. The molecule has 3 aromatic rings. The Morgan fingerprint density at radius 3 is 2.11 bits per heavy atom. The Hall–Kier alpha value is -3.55. The fourth-order valence-corrected chi connectivity index (χ4v) is 3.13. The molecule has 0 radical (unpaired) electrons. The predicted molar refractivity (Wildman–Crippen MR) is 134 cm³/mol. The van der Waals surface area contributed by atoms with Gasteiger partial charge in [0.2, 0.25) is 0 Å². The molecule has 0 unspecified atom stereocenters. The first-order valence-corrected chi connectivity index (χ1v) is 11.6. The van der Waals surface area contributed by atoms with Gasteiger partial charge in [0.1, 0.15) is 43.7 Å². The maximum absolute atomic E-state index is 11.2. The average Bonchev–Trinajstić information content (AvgIpc) is 2.88. The normalized spacial score (nSPS) is 10.7. The summed E-state index contributed by atoms with van der Waals surface area (Å²) in [4.78, 5) is 11.2.